The van der Waals surface area contributed by atoms with Crippen molar-refractivity contribution in [2.45, 2.75) is 33.7 Å². The molecule has 1 rings (SSSR count). The molecule has 0 bridgehead atoms. The van der Waals surface area contributed by atoms with Gasteiger partial charge < -0.3 is 5.73 Å². The van der Waals surface area contributed by atoms with E-state index in [0.29, 0.717) is 18.0 Å². The maximum atomic E-state index is 13.6. The lowest BCUT2D eigenvalue weighted by Crippen LogP contribution is -2.27. The van der Waals surface area contributed by atoms with Crippen LogP contribution in [0.25, 0.3) is 0 Å². The van der Waals surface area contributed by atoms with Gasteiger partial charge in [0.25, 0.3) is 0 Å². The molecule has 0 fully saturated rings. The number of nitrogens with zero attached hydrogens (tertiary/aromatic N) is 1. The smallest absolute Gasteiger partial charge is 0.124 e. The molecule has 20 heavy (non-hydrogen) atoms. The predicted octanol–water partition coefficient (Wildman–Crippen LogP) is 3.00. The maximum absolute atomic E-state index is 13.6. The van der Waals surface area contributed by atoms with Gasteiger partial charge in [0.1, 0.15) is 5.82 Å². The summed E-state index contributed by atoms with van der Waals surface area (Å²) >= 11 is 0. The third-order valence-electron chi connectivity index (χ3n) is 3.41. The lowest BCUT2D eigenvalue weighted by atomic mass is 10.1. The Morgan fingerprint density at radius 2 is 2.05 bits per heavy atom. The highest BCUT2D eigenvalue weighted by atomic mass is 19.1. The van der Waals surface area contributed by atoms with Crippen LogP contribution in [0.5, 0.6) is 0 Å². The summed E-state index contributed by atoms with van der Waals surface area (Å²) in [7, 11) is 0. The molecule has 0 aliphatic rings. The monoisotopic (exact) mass is 276 g/mol. The molecule has 2 N–H and O–H groups in total. The highest BCUT2D eigenvalue weighted by Gasteiger charge is 2.09. The first-order chi connectivity index (χ1) is 9.58. The summed E-state index contributed by atoms with van der Waals surface area (Å²) in [6.45, 7) is 9.62. The van der Waals surface area contributed by atoms with Gasteiger partial charge in [0, 0.05) is 18.7 Å². The molecule has 1 unspecified atom stereocenters. The van der Waals surface area contributed by atoms with E-state index in [4.69, 9.17) is 5.73 Å². The van der Waals surface area contributed by atoms with Crippen LogP contribution in [0.15, 0.2) is 18.2 Å². The third kappa shape index (κ3) is 5.73. The standard InChI is InChI=1S/C17H25FN2/c1-4-14(3)12-20(5-2)13-16-9-15(7-6-8-19)10-17(18)11-16/h9-11,14H,4-5,8,12-13,19H2,1-3H3. The Hall–Kier alpha value is -1.37. The van der Waals surface area contributed by atoms with Crippen molar-refractivity contribution in [2.24, 2.45) is 11.7 Å². The maximum Gasteiger partial charge on any atom is 0.124 e. The van der Waals surface area contributed by atoms with Crippen LogP contribution >= 0.6 is 0 Å². The van der Waals surface area contributed by atoms with Gasteiger partial charge in [-0.25, -0.2) is 4.39 Å². The fraction of sp³-hybridized carbons (Fsp3) is 0.529. The fourth-order valence-electron chi connectivity index (χ4n) is 2.10. The molecule has 0 aliphatic heterocycles. The fourth-order valence-corrected chi connectivity index (χ4v) is 2.10. The average Bonchev–Trinajstić information content (AvgIpc) is 2.43. The Morgan fingerprint density at radius 3 is 2.65 bits per heavy atom. The van der Waals surface area contributed by atoms with E-state index in [1.54, 1.807) is 6.07 Å². The molecule has 0 aromatic heterocycles. The second kappa shape index (κ2) is 8.73. The summed E-state index contributed by atoms with van der Waals surface area (Å²) in [6, 6.07) is 5.00. The van der Waals surface area contributed by atoms with Crippen LogP contribution < -0.4 is 5.73 Å². The molecule has 0 spiro atoms. The molecule has 110 valence electrons. The minimum Gasteiger partial charge on any atom is -0.320 e. The molecule has 3 heteroatoms. The molecule has 1 atom stereocenters. The SMILES string of the molecule is CCC(C)CN(CC)Cc1cc(F)cc(C#CCN)c1. The van der Waals surface area contributed by atoms with Crippen LogP contribution in [0, 0.1) is 23.6 Å². The topological polar surface area (TPSA) is 29.3 Å². The van der Waals surface area contributed by atoms with Gasteiger partial charge in [0.05, 0.1) is 6.54 Å². The molecule has 0 heterocycles. The van der Waals surface area contributed by atoms with Gasteiger partial charge in [-0.15, -0.1) is 0 Å². The first kappa shape index (κ1) is 16.7. The van der Waals surface area contributed by atoms with E-state index < -0.39 is 0 Å². The Morgan fingerprint density at radius 1 is 1.30 bits per heavy atom. The van der Waals surface area contributed by atoms with Crippen LogP contribution in [0.3, 0.4) is 0 Å². The Labute approximate surface area is 122 Å². The first-order valence-electron chi connectivity index (χ1n) is 7.29. The Kier molecular flexibility index (Phi) is 7.28. The van der Waals surface area contributed by atoms with E-state index in [9.17, 15) is 4.39 Å². The van der Waals surface area contributed by atoms with Crippen LogP contribution in [0.4, 0.5) is 4.39 Å². The highest BCUT2D eigenvalue weighted by Crippen LogP contribution is 2.13. The van der Waals surface area contributed by atoms with Crippen molar-refractivity contribution in [1.82, 2.24) is 4.90 Å². The van der Waals surface area contributed by atoms with E-state index in [0.717, 1.165) is 31.6 Å². The molecule has 2 nitrogen and oxygen atoms in total. The predicted molar refractivity (Wildman–Crippen MR) is 82.7 cm³/mol. The van der Waals surface area contributed by atoms with Gasteiger partial charge in [-0.05, 0) is 36.2 Å². The summed E-state index contributed by atoms with van der Waals surface area (Å²) in [5.41, 5.74) is 7.02. The molecule has 0 radical (unpaired) electrons. The molecular weight excluding hydrogens is 251 g/mol. The summed E-state index contributed by atoms with van der Waals surface area (Å²) in [4.78, 5) is 2.34. The molecular formula is C17H25FN2. The summed E-state index contributed by atoms with van der Waals surface area (Å²) in [5, 5.41) is 0. The molecule has 0 saturated heterocycles. The lowest BCUT2D eigenvalue weighted by Gasteiger charge is -2.23. The zero-order chi connectivity index (χ0) is 15.0. The van der Waals surface area contributed by atoms with Gasteiger partial charge in [-0.3, -0.25) is 4.90 Å². The Balaban J connectivity index is 2.81. The lowest BCUT2D eigenvalue weighted by molar-refractivity contribution is 0.238. The molecule has 0 amide bonds. The Bertz CT molecular complexity index is 474. The number of hydrogen-bond donors (Lipinski definition) is 1. The number of benzene rings is 1. The van der Waals surface area contributed by atoms with Crippen molar-refractivity contribution in [3.63, 3.8) is 0 Å². The van der Waals surface area contributed by atoms with Gasteiger partial charge in [0.15, 0.2) is 0 Å². The molecule has 0 saturated carbocycles. The third-order valence-corrected chi connectivity index (χ3v) is 3.41. The van der Waals surface area contributed by atoms with Gasteiger partial charge in [0.2, 0.25) is 0 Å². The van der Waals surface area contributed by atoms with Gasteiger partial charge in [-0.1, -0.05) is 39.0 Å². The van der Waals surface area contributed by atoms with Crippen LogP contribution in [0.1, 0.15) is 38.3 Å². The van der Waals surface area contributed by atoms with Crippen molar-refractivity contribution in [3.8, 4) is 11.8 Å². The van der Waals surface area contributed by atoms with Crippen molar-refractivity contribution >= 4 is 0 Å². The van der Waals surface area contributed by atoms with Crippen molar-refractivity contribution in [2.75, 3.05) is 19.6 Å². The molecule has 0 aliphatic carbocycles. The zero-order valence-corrected chi connectivity index (χ0v) is 12.7. The zero-order valence-electron chi connectivity index (χ0n) is 12.7. The minimum atomic E-state index is -0.233. The number of hydrogen-bond acceptors (Lipinski definition) is 2. The summed E-state index contributed by atoms with van der Waals surface area (Å²) in [6.07, 6.45) is 1.16. The normalized spacial score (nSPS) is 12.1. The van der Waals surface area contributed by atoms with Crippen LogP contribution in [-0.4, -0.2) is 24.5 Å². The summed E-state index contributed by atoms with van der Waals surface area (Å²) < 4.78 is 13.6. The van der Waals surface area contributed by atoms with E-state index in [1.807, 2.05) is 6.07 Å². The van der Waals surface area contributed by atoms with E-state index in [-0.39, 0.29) is 5.82 Å². The summed E-state index contributed by atoms with van der Waals surface area (Å²) in [5.74, 6) is 6.08. The van der Waals surface area contributed by atoms with Gasteiger partial charge >= 0.3 is 0 Å². The number of halogens is 1. The van der Waals surface area contributed by atoms with Gasteiger partial charge in [-0.2, -0.15) is 0 Å². The van der Waals surface area contributed by atoms with Crippen molar-refractivity contribution in [1.29, 1.82) is 0 Å². The van der Waals surface area contributed by atoms with Crippen LogP contribution in [0.2, 0.25) is 0 Å². The second-order valence-electron chi connectivity index (χ2n) is 5.20. The van der Waals surface area contributed by atoms with E-state index in [1.165, 1.54) is 6.07 Å². The number of nitrogens with two attached hydrogens (primary N) is 1. The first-order valence-corrected chi connectivity index (χ1v) is 7.29. The molecule has 1 aromatic rings. The quantitative estimate of drug-likeness (QED) is 0.809. The van der Waals surface area contributed by atoms with E-state index in [2.05, 4.69) is 37.5 Å². The second-order valence-corrected chi connectivity index (χ2v) is 5.20. The molecule has 1 aromatic carbocycles. The van der Waals surface area contributed by atoms with E-state index >= 15 is 0 Å². The highest BCUT2D eigenvalue weighted by molar-refractivity contribution is 5.38. The largest absolute Gasteiger partial charge is 0.320 e. The van der Waals surface area contributed by atoms with Crippen molar-refractivity contribution in [3.05, 3.63) is 35.1 Å². The number of rotatable bonds is 6. The van der Waals surface area contributed by atoms with Crippen LogP contribution in [-0.2, 0) is 6.54 Å². The minimum absolute atomic E-state index is 0.233. The average molecular weight is 276 g/mol. The van der Waals surface area contributed by atoms with Crippen molar-refractivity contribution < 1.29 is 4.39 Å².